The number of Topliss-reactive ketones (excluding diaryl/α,β-unsaturated/α-hetero) is 2. The molecule has 0 spiro atoms. The van der Waals surface area contributed by atoms with Gasteiger partial charge in [0.25, 0.3) is 0 Å². The molecule has 1 amide bonds. The van der Waals surface area contributed by atoms with Gasteiger partial charge in [-0.05, 0) is 18.9 Å². The molecule has 0 N–H and O–H groups in total. The van der Waals surface area contributed by atoms with Crippen LogP contribution in [0, 0.1) is 5.41 Å². The van der Waals surface area contributed by atoms with Gasteiger partial charge in [-0.2, -0.15) is 0 Å². The van der Waals surface area contributed by atoms with Crippen molar-refractivity contribution in [2.45, 2.75) is 26.3 Å². The monoisotopic (exact) mass is 335 g/mol. The van der Waals surface area contributed by atoms with Gasteiger partial charge in [0.1, 0.15) is 11.2 Å². The Morgan fingerprint density at radius 2 is 1.60 bits per heavy atom. The van der Waals surface area contributed by atoms with E-state index in [4.69, 9.17) is 0 Å². The number of benzene rings is 2. The van der Waals surface area contributed by atoms with Gasteiger partial charge >= 0.3 is 0 Å². The van der Waals surface area contributed by atoms with Crippen LogP contribution in [0.2, 0.25) is 0 Å². The van der Waals surface area contributed by atoms with Gasteiger partial charge in [-0.25, -0.2) is 0 Å². The van der Waals surface area contributed by atoms with Gasteiger partial charge in [-0.1, -0.05) is 60.7 Å². The van der Waals surface area contributed by atoms with E-state index in [2.05, 4.69) is 0 Å². The minimum absolute atomic E-state index is 0.0591. The normalized spacial score (nSPS) is 19.9. The van der Waals surface area contributed by atoms with E-state index in [1.807, 2.05) is 36.4 Å². The third kappa shape index (κ3) is 3.38. The fourth-order valence-electron chi connectivity index (χ4n) is 3.41. The summed E-state index contributed by atoms with van der Waals surface area (Å²) >= 11 is 0. The van der Waals surface area contributed by atoms with Crippen molar-refractivity contribution >= 4 is 17.5 Å². The van der Waals surface area contributed by atoms with Crippen molar-refractivity contribution in [3.8, 4) is 0 Å². The van der Waals surface area contributed by atoms with Crippen molar-refractivity contribution in [3.63, 3.8) is 0 Å². The Morgan fingerprint density at radius 3 is 2.20 bits per heavy atom. The summed E-state index contributed by atoms with van der Waals surface area (Å²) in [6, 6.07) is 18.5. The van der Waals surface area contributed by atoms with Crippen molar-refractivity contribution in [2.24, 2.45) is 5.41 Å². The standard InChI is InChI=1S/C21H21NO3/c1-16(23)21(14-19(24)18-10-6-3-7-11-18)12-13-22(20(21)25)15-17-8-4-2-5-9-17/h2-11H,12-15H2,1H3. The number of hydrogen-bond donors (Lipinski definition) is 0. The number of carbonyl (C=O) groups is 3. The van der Waals surface area contributed by atoms with Gasteiger partial charge in [0, 0.05) is 25.1 Å². The molecule has 1 aliphatic rings. The lowest BCUT2D eigenvalue weighted by atomic mass is 9.77. The molecule has 1 unspecified atom stereocenters. The molecule has 0 saturated carbocycles. The second kappa shape index (κ2) is 7.01. The Morgan fingerprint density at radius 1 is 1.00 bits per heavy atom. The average Bonchev–Trinajstić information content (AvgIpc) is 2.94. The van der Waals surface area contributed by atoms with Crippen LogP contribution in [0.15, 0.2) is 60.7 Å². The smallest absolute Gasteiger partial charge is 0.237 e. The molecule has 0 aliphatic carbocycles. The van der Waals surface area contributed by atoms with E-state index in [1.54, 1.807) is 29.2 Å². The summed E-state index contributed by atoms with van der Waals surface area (Å²) in [5.74, 6) is -0.615. The summed E-state index contributed by atoms with van der Waals surface area (Å²) in [6.07, 6.45) is 0.336. The molecule has 1 heterocycles. The van der Waals surface area contributed by atoms with Gasteiger partial charge < -0.3 is 4.90 Å². The molecular formula is C21H21NO3. The van der Waals surface area contributed by atoms with E-state index in [1.165, 1.54) is 6.92 Å². The second-order valence-corrected chi connectivity index (χ2v) is 6.57. The molecule has 1 aliphatic heterocycles. The summed E-state index contributed by atoms with van der Waals surface area (Å²) < 4.78 is 0. The van der Waals surface area contributed by atoms with E-state index < -0.39 is 5.41 Å². The topological polar surface area (TPSA) is 54.5 Å². The summed E-state index contributed by atoms with van der Waals surface area (Å²) in [5, 5.41) is 0. The molecule has 0 radical (unpaired) electrons. The van der Waals surface area contributed by atoms with Crippen LogP contribution in [0.4, 0.5) is 0 Å². The second-order valence-electron chi connectivity index (χ2n) is 6.57. The third-order valence-electron chi connectivity index (χ3n) is 4.95. The zero-order chi connectivity index (χ0) is 17.9. The predicted molar refractivity (Wildman–Crippen MR) is 95.0 cm³/mol. The van der Waals surface area contributed by atoms with E-state index in [9.17, 15) is 14.4 Å². The molecule has 25 heavy (non-hydrogen) atoms. The highest BCUT2D eigenvalue weighted by atomic mass is 16.2. The highest BCUT2D eigenvalue weighted by molar-refractivity contribution is 6.11. The number of ketones is 2. The number of carbonyl (C=O) groups excluding carboxylic acids is 3. The summed E-state index contributed by atoms with van der Waals surface area (Å²) in [5.41, 5.74) is 0.337. The first kappa shape index (κ1) is 17.1. The minimum atomic E-state index is -1.22. The Balaban J connectivity index is 1.80. The van der Waals surface area contributed by atoms with Crippen LogP contribution in [0.1, 0.15) is 35.7 Å². The molecule has 1 fully saturated rings. The van der Waals surface area contributed by atoms with Gasteiger partial charge in [0.05, 0.1) is 0 Å². The fourth-order valence-corrected chi connectivity index (χ4v) is 3.41. The number of rotatable bonds is 6. The van der Waals surface area contributed by atoms with Gasteiger partial charge in [-0.3, -0.25) is 14.4 Å². The highest BCUT2D eigenvalue weighted by Crippen LogP contribution is 2.38. The molecule has 0 aromatic heterocycles. The van der Waals surface area contributed by atoms with E-state index in [0.29, 0.717) is 25.1 Å². The average molecular weight is 335 g/mol. The van der Waals surface area contributed by atoms with Crippen LogP contribution < -0.4 is 0 Å². The van der Waals surface area contributed by atoms with Gasteiger partial charge in [0.2, 0.25) is 5.91 Å². The maximum absolute atomic E-state index is 13.0. The highest BCUT2D eigenvalue weighted by Gasteiger charge is 2.51. The Kier molecular flexibility index (Phi) is 4.79. The van der Waals surface area contributed by atoms with Crippen LogP contribution in [0.5, 0.6) is 0 Å². The maximum Gasteiger partial charge on any atom is 0.237 e. The van der Waals surface area contributed by atoms with E-state index >= 15 is 0 Å². The van der Waals surface area contributed by atoms with E-state index in [0.717, 1.165) is 5.56 Å². The molecule has 2 aromatic carbocycles. The summed E-state index contributed by atoms with van der Waals surface area (Å²) in [4.78, 5) is 39.6. The SMILES string of the molecule is CC(=O)C1(CC(=O)c2ccccc2)CCN(Cc2ccccc2)C1=O. The number of hydrogen-bond acceptors (Lipinski definition) is 3. The van der Waals surface area contributed by atoms with Crippen molar-refractivity contribution < 1.29 is 14.4 Å². The molecule has 2 aromatic rings. The zero-order valence-electron chi connectivity index (χ0n) is 14.3. The largest absolute Gasteiger partial charge is 0.337 e. The Labute approximate surface area is 147 Å². The molecule has 4 heteroatoms. The molecule has 4 nitrogen and oxygen atoms in total. The molecule has 0 bridgehead atoms. The lowest BCUT2D eigenvalue weighted by Gasteiger charge is -2.24. The quantitative estimate of drug-likeness (QED) is 0.601. The number of likely N-dealkylation sites (tertiary alicyclic amines) is 1. The van der Waals surface area contributed by atoms with Crippen molar-refractivity contribution in [1.82, 2.24) is 4.90 Å². The Hall–Kier alpha value is -2.75. The summed E-state index contributed by atoms with van der Waals surface area (Å²) in [6.45, 7) is 2.38. The van der Waals surface area contributed by atoms with Gasteiger partial charge in [0.15, 0.2) is 5.78 Å². The molecular weight excluding hydrogens is 314 g/mol. The molecule has 1 atom stereocenters. The van der Waals surface area contributed by atoms with Crippen LogP contribution in [-0.4, -0.2) is 28.9 Å². The van der Waals surface area contributed by atoms with E-state index in [-0.39, 0.29) is 23.9 Å². The lowest BCUT2D eigenvalue weighted by molar-refractivity contribution is -0.143. The van der Waals surface area contributed by atoms with Crippen molar-refractivity contribution in [3.05, 3.63) is 71.8 Å². The van der Waals surface area contributed by atoms with Gasteiger partial charge in [-0.15, -0.1) is 0 Å². The van der Waals surface area contributed by atoms with Crippen LogP contribution >= 0.6 is 0 Å². The molecule has 1 saturated heterocycles. The number of amides is 1. The fraction of sp³-hybridized carbons (Fsp3) is 0.286. The van der Waals surface area contributed by atoms with Crippen LogP contribution in [-0.2, 0) is 16.1 Å². The zero-order valence-corrected chi connectivity index (χ0v) is 14.3. The van der Waals surface area contributed by atoms with Crippen LogP contribution in [0.25, 0.3) is 0 Å². The maximum atomic E-state index is 13.0. The molecule has 128 valence electrons. The first-order valence-corrected chi connectivity index (χ1v) is 8.45. The minimum Gasteiger partial charge on any atom is -0.337 e. The van der Waals surface area contributed by atoms with Crippen LogP contribution in [0.3, 0.4) is 0 Å². The first-order chi connectivity index (χ1) is 12.0. The number of nitrogens with zero attached hydrogens (tertiary/aromatic N) is 1. The summed E-state index contributed by atoms with van der Waals surface area (Å²) in [7, 11) is 0. The predicted octanol–water partition coefficient (Wildman–Crippen LogP) is 3.27. The first-order valence-electron chi connectivity index (χ1n) is 8.45. The van der Waals surface area contributed by atoms with Crippen molar-refractivity contribution in [1.29, 1.82) is 0 Å². The third-order valence-corrected chi connectivity index (χ3v) is 4.95. The molecule has 3 rings (SSSR count). The Bertz CT molecular complexity index is 785. The lowest BCUT2D eigenvalue weighted by Crippen LogP contribution is -2.41. The van der Waals surface area contributed by atoms with Crippen molar-refractivity contribution in [2.75, 3.05) is 6.54 Å².